The Bertz CT molecular complexity index is 312. The molecule has 0 aromatic rings. The predicted octanol–water partition coefficient (Wildman–Crippen LogP) is 3.99. The molecule has 0 saturated heterocycles. The zero-order valence-electron chi connectivity index (χ0n) is 10.8. The minimum Gasteiger partial charge on any atom is -0.260 e. The van der Waals surface area contributed by atoms with Crippen LogP contribution in [0.4, 0.5) is 13.2 Å². The molecular formula is C11H21F3O3S. The third-order valence-corrected chi connectivity index (χ3v) is 3.69. The number of hydrogen-bond acceptors (Lipinski definition) is 3. The highest BCUT2D eigenvalue weighted by Crippen LogP contribution is 2.26. The molecule has 0 bridgehead atoms. The summed E-state index contributed by atoms with van der Waals surface area (Å²) in [6.45, 7) is 3.44. The van der Waals surface area contributed by atoms with Crippen LogP contribution in [0, 0.1) is 0 Å². The van der Waals surface area contributed by atoms with Crippen LogP contribution in [-0.4, -0.2) is 20.0 Å². The predicted molar refractivity (Wildman–Crippen MR) is 63.5 cm³/mol. The quantitative estimate of drug-likeness (QED) is 0.366. The molecule has 0 heterocycles. The molecule has 0 radical (unpaired) electrons. The van der Waals surface area contributed by atoms with Crippen LogP contribution < -0.4 is 0 Å². The van der Waals surface area contributed by atoms with Crippen molar-refractivity contribution in [3.63, 3.8) is 0 Å². The van der Waals surface area contributed by atoms with Crippen LogP contribution in [-0.2, 0) is 14.3 Å². The van der Waals surface area contributed by atoms with Crippen LogP contribution in [0.3, 0.4) is 0 Å². The fourth-order valence-corrected chi connectivity index (χ4v) is 2.17. The molecule has 18 heavy (non-hydrogen) atoms. The summed E-state index contributed by atoms with van der Waals surface area (Å²) in [7, 11) is -5.45. The van der Waals surface area contributed by atoms with E-state index in [4.69, 9.17) is 0 Å². The van der Waals surface area contributed by atoms with E-state index < -0.39 is 21.7 Å². The Balaban J connectivity index is 3.82. The average Bonchev–Trinajstić information content (AvgIpc) is 2.20. The lowest BCUT2D eigenvalue weighted by Gasteiger charge is -2.14. The maximum Gasteiger partial charge on any atom is 0.523 e. The third-order valence-electron chi connectivity index (χ3n) is 2.54. The molecule has 110 valence electrons. The molecule has 3 nitrogen and oxygen atoms in total. The molecule has 0 N–H and O–H groups in total. The van der Waals surface area contributed by atoms with Crippen molar-refractivity contribution in [1.29, 1.82) is 0 Å². The molecule has 0 aliphatic rings. The van der Waals surface area contributed by atoms with Crippen LogP contribution in [0.2, 0.25) is 0 Å². The molecule has 1 atom stereocenters. The summed E-state index contributed by atoms with van der Waals surface area (Å²) in [6, 6.07) is 0. The molecule has 1 unspecified atom stereocenters. The van der Waals surface area contributed by atoms with Crippen molar-refractivity contribution in [1.82, 2.24) is 0 Å². The van der Waals surface area contributed by atoms with E-state index in [1.54, 1.807) is 0 Å². The summed E-state index contributed by atoms with van der Waals surface area (Å²) in [5.41, 5.74) is -5.33. The van der Waals surface area contributed by atoms with Gasteiger partial charge < -0.3 is 0 Å². The number of unbranched alkanes of at least 4 members (excludes halogenated alkanes) is 5. The summed E-state index contributed by atoms with van der Waals surface area (Å²) in [6.07, 6.45) is 5.36. The van der Waals surface area contributed by atoms with Gasteiger partial charge >= 0.3 is 15.6 Å². The molecule has 0 amide bonds. The van der Waals surface area contributed by atoms with Gasteiger partial charge in [0.1, 0.15) is 0 Å². The molecule has 0 saturated carbocycles. The van der Waals surface area contributed by atoms with E-state index in [1.807, 2.05) is 0 Å². The molecule has 7 heteroatoms. The second-order valence-electron chi connectivity index (χ2n) is 4.36. The molecule has 0 spiro atoms. The first-order valence-corrected chi connectivity index (χ1v) is 7.61. The van der Waals surface area contributed by atoms with Gasteiger partial charge in [-0.2, -0.15) is 21.6 Å². The minimum absolute atomic E-state index is 0.321. The standard InChI is InChI=1S/C11H21F3O3S/c1-3-4-5-6-7-8-9-10(2)17-18(15,16)11(12,13)14/h10H,3-9H2,1-2H3. The average molecular weight is 290 g/mol. The first-order chi connectivity index (χ1) is 8.20. The number of alkyl halides is 3. The van der Waals surface area contributed by atoms with Crippen LogP contribution in [0.25, 0.3) is 0 Å². The number of rotatable bonds is 9. The Kier molecular flexibility index (Phi) is 7.86. The maximum atomic E-state index is 12.0. The maximum absolute atomic E-state index is 12.0. The molecule has 0 aliphatic heterocycles. The largest absolute Gasteiger partial charge is 0.523 e. The van der Waals surface area contributed by atoms with Crippen molar-refractivity contribution >= 4 is 10.1 Å². The topological polar surface area (TPSA) is 43.4 Å². The molecule has 0 aromatic carbocycles. The lowest BCUT2D eigenvalue weighted by Crippen LogP contribution is -2.28. The third kappa shape index (κ3) is 7.20. The second kappa shape index (κ2) is 7.99. The number of halogens is 3. The first kappa shape index (κ1) is 17.7. The SMILES string of the molecule is CCCCCCCCC(C)OS(=O)(=O)C(F)(F)F. The van der Waals surface area contributed by atoms with Crippen molar-refractivity contribution in [3.8, 4) is 0 Å². The Morgan fingerprint density at radius 3 is 2.06 bits per heavy atom. The molecule has 0 aliphatic carbocycles. The van der Waals surface area contributed by atoms with E-state index in [9.17, 15) is 21.6 Å². The van der Waals surface area contributed by atoms with Crippen molar-refractivity contribution in [2.24, 2.45) is 0 Å². The molecular weight excluding hydrogens is 269 g/mol. The van der Waals surface area contributed by atoms with E-state index in [0.717, 1.165) is 32.1 Å². The Morgan fingerprint density at radius 2 is 1.56 bits per heavy atom. The smallest absolute Gasteiger partial charge is 0.260 e. The molecule has 0 aromatic heterocycles. The lowest BCUT2D eigenvalue weighted by molar-refractivity contribution is -0.0570. The normalized spacial score (nSPS) is 14.7. The van der Waals surface area contributed by atoms with E-state index >= 15 is 0 Å². The second-order valence-corrected chi connectivity index (χ2v) is 5.93. The van der Waals surface area contributed by atoms with Gasteiger partial charge in [0.05, 0.1) is 6.10 Å². The molecule has 0 rings (SSSR count). The van der Waals surface area contributed by atoms with Gasteiger partial charge in [-0.3, -0.25) is 4.18 Å². The van der Waals surface area contributed by atoms with Gasteiger partial charge in [0.15, 0.2) is 0 Å². The summed E-state index contributed by atoms with van der Waals surface area (Å²) in [4.78, 5) is 0. The van der Waals surface area contributed by atoms with E-state index in [2.05, 4.69) is 11.1 Å². The number of hydrogen-bond donors (Lipinski definition) is 0. The zero-order valence-corrected chi connectivity index (χ0v) is 11.6. The van der Waals surface area contributed by atoms with Gasteiger partial charge in [0, 0.05) is 0 Å². The Hall–Kier alpha value is -0.300. The Morgan fingerprint density at radius 1 is 1.06 bits per heavy atom. The first-order valence-electron chi connectivity index (χ1n) is 6.20. The van der Waals surface area contributed by atoms with Gasteiger partial charge in [0.2, 0.25) is 0 Å². The van der Waals surface area contributed by atoms with Gasteiger partial charge in [-0.1, -0.05) is 45.4 Å². The van der Waals surface area contributed by atoms with Crippen molar-refractivity contribution in [2.75, 3.05) is 0 Å². The van der Waals surface area contributed by atoms with E-state index in [-0.39, 0.29) is 0 Å². The van der Waals surface area contributed by atoms with Crippen LogP contribution in [0.5, 0.6) is 0 Å². The van der Waals surface area contributed by atoms with Gasteiger partial charge in [-0.25, -0.2) is 0 Å². The van der Waals surface area contributed by atoms with Gasteiger partial charge in [-0.15, -0.1) is 0 Å². The highest BCUT2D eigenvalue weighted by Gasteiger charge is 2.48. The monoisotopic (exact) mass is 290 g/mol. The van der Waals surface area contributed by atoms with Crippen molar-refractivity contribution in [3.05, 3.63) is 0 Å². The van der Waals surface area contributed by atoms with E-state index in [1.165, 1.54) is 6.92 Å². The lowest BCUT2D eigenvalue weighted by atomic mass is 10.1. The van der Waals surface area contributed by atoms with Gasteiger partial charge in [-0.05, 0) is 13.3 Å². The highest BCUT2D eigenvalue weighted by molar-refractivity contribution is 7.87. The van der Waals surface area contributed by atoms with Gasteiger partial charge in [0.25, 0.3) is 0 Å². The van der Waals surface area contributed by atoms with Crippen molar-refractivity contribution in [2.45, 2.75) is 70.4 Å². The van der Waals surface area contributed by atoms with Crippen LogP contribution in [0.1, 0.15) is 58.8 Å². The van der Waals surface area contributed by atoms with E-state index in [0.29, 0.717) is 12.8 Å². The summed E-state index contributed by atoms with van der Waals surface area (Å²) in [5, 5.41) is 0. The van der Waals surface area contributed by atoms with Crippen LogP contribution >= 0.6 is 0 Å². The highest BCUT2D eigenvalue weighted by atomic mass is 32.2. The van der Waals surface area contributed by atoms with Crippen molar-refractivity contribution < 1.29 is 25.8 Å². The molecule has 0 fully saturated rings. The fraction of sp³-hybridized carbons (Fsp3) is 1.00. The Labute approximate surface area is 107 Å². The minimum atomic E-state index is -5.45. The summed E-state index contributed by atoms with van der Waals surface area (Å²) >= 11 is 0. The fourth-order valence-electron chi connectivity index (χ4n) is 1.53. The zero-order chi connectivity index (χ0) is 14.2. The summed E-state index contributed by atoms with van der Waals surface area (Å²) in [5.74, 6) is 0. The summed E-state index contributed by atoms with van der Waals surface area (Å²) < 4.78 is 61.5. The van der Waals surface area contributed by atoms with Crippen LogP contribution in [0.15, 0.2) is 0 Å².